The highest BCUT2D eigenvalue weighted by molar-refractivity contribution is 6.91. The van der Waals surface area contributed by atoms with Crippen LogP contribution in [0.1, 0.15) is 39.2 Å². The van der Waals surface area contributed by atoms with Crippen molar-refractivity contribution in [1.82, 2.24) is 4.65 Å². The maximum absolute atomic E-state index is 4.11. The molecule has 0 fully saturated rings. The molecule has 1 aliphatic rings. The number of rotatable bonds is 5. The molecule has 2 rings (SSSR count). The first kappa shape index (κ1) is 18.4. The molecular formula is C20H32NSi2. The van der Waals surface area contributed by atoms with Crippen molar-refractivity contribution in [3.8, 4) is 0 Å². The van der Waals surface area contributed by atoms with Crippen LogP contribution in [0.4, 0.5) is 0 Å². The molecule has 1 nitrogen and oxygen atoms in total. The number of aryl methyl sites for hydroxylation is 1. The number of hydrogen-bond acceptors (Lipinski definition) is 1. The van der Waals surface area contributed by atoms with Crippen LogP contribution in [0.15, 0.2) is 47.2 Å². The molecule has 125 valence electrons. The van der Waals surface area contributed by atoms with Gasteiger partial charge in [0.2, 0.25) is 0 Å². The molecule has 3 heteroatoms. The van der Waals surface area contributed by atoms with E-state index in [-0.39, 0.29) is 0 Å². The van der Waals surface area contributed by atoms with E-state index >= 15 is 0 Å². The average Bonchev–Trinajstić information content (AvgIpc) is 2.81. The Labute approximate surface area is 145 Å². The van der Waals surface area contributed by atoms with Gasteiger partial charge in [-0.2, -0.15) is 0 Å². The zero-order valence-corrected chi connectivity index (χ0v) is 17.9. The standard InChI is InChI=1S/C20H32NSi2/c1-16-11-8-9-13-18(16)22(21-23(5,6)7)19-14-10-12-17(19)15-20(2,3)4/h8-13,21H,14-15H2,1-7H3. The molecule has 0 unspecified atom stereocenters. The van der Waals surface area contributed by atoms with Crippen molar-refractivity contribution < 1.29 is 0 Å². The maximum atomic E-state index is 4.11. The van der Waals surface area contributed by atoms with Crippen molar-refractivity contribution in [1.29, 1.82) is 0 Å². The second-order valence-corrected chi connectivity index (χ2v) is 16.3. The van der Waals surface area contributed by atoms with Crippen molar-refractivity contribution in [2.45, 2.75) is 60.2 Å². The monoisotopic (exact) mass is 342 g/mol. The van der Waals surface area contributed by atoms with E-state index in [0.717, 1.165) is 6.42 Å². The van der Waals surface area contributed by atoms with E-state index in [1.54, 1.807) is 16.0 Å². The van der Waals surface area contributed by atoms with Crippen LogP contribution in [0, 0.1) is 12.3 Å². The Morgan fingerprint density at radius 3 is 2.35 bits per heavy atom. The predicted octanol–water partition coefficient (Wildman–Crippen LogP) is 4.85. The summed E-state index contributed by atoms with van der Waals surface area (Å²) in [5, 5.41) is 3.23. The van der Waals surface area contributed by atoms with E-state index in [1.165, 1.54) is 12.0 Å². The molecule has 1 aliphatic carbocycles. The fraction of sp³-hybridized carbons (Fsp3) is 0.500. The molecule has 0 saturated heterocycles. The minimum atomic E-state index is -1.35. The van der Waals surface area contributed by atoms with Gasteiger partial charge >= 0.3 is 0 Å². The maximum Gasteiger partial charge on any atom is 0.195 e. The van der Waals surface area contributed by atoms with E-state index < -0.39 is 17.2 Å². The molecule has 0 bridgehead atoms. The first-order chi connectivity index (χ1) is 10.6. The molecule has 23 heavy (non-hydrogen) atoms. The Morgan fingerprint density at radius 1 is 1.13 bits per heavy atom. The lowest BCUT2D eigenvalue weighted by atomic mass is 9.88. The third-order valence-corrected chi connectivity index (χ3v) is 10.2. The van der Waals surface area contributed by atoms with Crippen LogP contribution in [0.3, 0.4) is 0 Å². The second kappa shape index (κ2) is 6.92. The zero-order valence-electron chi connectivity index (χ0n) is 15.9. The largest absolute Gasteiger partial charge is 0.353 e. The molecule has 0 aliphatic heterocycles. The van der Waals surface area contributed by atoms with Crippen molar-refractivity contribution in [3.05, 3.63) is 52.8 Å². The van der Waals surface area contributed by atoms with E-state index in [2.05, 4.69) is 88.4 Å². The van der Waals surface area contributed by atoms with E-state index in [1.807, 2.05) is 0 Å². The van der Waals surface area contributed by atoms with E-state index in [0.29, 0.717) is 5.41 Å². The summed E-state index contributed by atoms with van der Waals surface area (Å²) < 4.78 is 4.11. The Hall–Kier alpha value is -0.906. The summed E-state index contributed by atoms with van der Waals surface area (Å²) in [6.45, 7) is 16.5. The van der Waals surface area contributed by atoms with Crippen LogP contribution in [-0.2, 0) is 0 Å². The molecule has 1 aromatic carbocycles. The first-order valence-electron chi connectivity index (χ1n) is 8.67. The summed E-state index contributed by atoms with van der Waals surface area (Å²) in [5.41, 5.74) is 3.36. The highest BCUT2D eigenvalue weighted by Gasteiger charge is 2.30. The van der Waals surface area contributed by atoms with Gasteiger partial charge < -0.3 is 4.65 Å². The highest BCUT2D eigenvalue weighted by atomic mass is 28.4. The zero-order chi connectivity index (χ0) is 17.3. The van der Waals surface area contributed by atoms with Gasteiger partial charge in [-0.25, -0.2) is 0 Å². The summed E-state index contributed by atoms with van der Waals surface area (Å²) >= 11 is 0. The minimum absolute atomic E-state index is 0.340. The number of benzene rings is 1. The quantitative estimate of drug-likeness (QED) is 0.754. The highest BCUT2D eigenvalue weighted by Crippen LogP contribution is 2.32. The van der Waals surface area contributed by atoms with Crippen LogP contribution >= 0.6 is 0 Å². The van der Waals surface area contributed by atoms with Gasteiger partial charge in [-0.15, -0.1) is 0 Å². The minimum Gasteiger partial charge on any atom is -0.353 e. The average molecular weight is 343 g/mol. The first-order valence-corrected chi connectivity index (χ1v) is 13.7. The lowest BCUT2D eigenvalue weighted by Crippen LogP contribution is -2.58. The van der Waals surface area contributed by atoms with Crippen LogP contribution in [0.2, 0.25) is 19.6 Å². The van der Waals surface area contributed by atoms with Crippen LogP contribution in [0.5, 0.6) is 0 Å². The van der Waals surface area contributed by atoms with Crippen molar-refractivity contribution >= 4 is 22.4 Å². The molecular weight excluding hydrogens is 310 g/mol. The third-order valence-electron chi connectivity index (χ3n) is 3.97. The van der Waals surface area contributed by atoms with Gasteiger partial charge in [0.05, 0.1) is 0 Å². The Balaban J connectivity index is 2.45. The molecule has 0 spiro atoms. The SMILES string of the molecule is Cc1ccccc1[Si](N[Si](C)(C)C)C1=C(CC(C)(C)C)C=CC1. The Kier molecular flexibility index (Phi) is 5.54. The van der Waals surface area contributed by atoms with Crippen LogP contribution in [-0.4, -0.2) is 17.2 Å². The predicted molar refractivity (Wildman–Crippen MR) is 108 cm³/mol. The Morgan fingerprint density at radius 2 is 1.78 bits per heavy atom. The summed E-state index contributed by atoms with van der Waals surface area (Å²) in [4.78, 5) is 0. The van der Waals surface area contributed by atoms with Gasteiger partial charge in [-0.3, -0.25) is 0 Å². The van der Waals surface area contributed by atoms with Gasteiger partial charge in [-0.05, 0) is 30.4 Å². The van der Waals surface area contributed by atoms with Crippen molar-refractivity contribution in [2.75, 3.05) is 0 Å². The van der Waals surface area contributed by atoms with Crippen molar-refractivity contribution in [2.24, 2.45) is 5.41 Å². The molecule has 0 aromatic heterocycles. The summed E-state index contributed by atoms with van der Waals surface area (Å²) in [6.07, 6.45) is 7.05. The smallest absolute Gasteiger partial charge is 0.195 e. The van der Waals surface area contributed by atoms with Gasteiger partial charge in [-0.1, -0.05) is 93.2 Å². The van der Waals surface area contributed by atoms with E-state index in [4.69, 9.17) is 0 Å². The summed E-state index contributed by atoms with van der Waals surface area (Å²) in [6, 6.07) is 8.96. The molecule has 1 aromatic rings. The summed E-state index contributed by atoms with van der Waals surface area (Å²) in [7, 11) is -2.23. The second-order valence-electron chi connectivity index (χ2n) is 8.91. The van der Waals surface area contributed by atoms with Crippen molar-refractivity contribution in [3.63, 3.8) is 0 Å². The normalized spacial score (nSPS) is 15.8. The Bertz CT molecular complexity index is 615. The van der Waals surface area contributed by atoms with E-state index in [9.17, 15) is 0 Å². The lowest BCUT2D eigenvalue weighted by molar-refractivity contribution is 0.413. The van der Waals surface area contributed by atoms with Gasteiger partial charge in [0.1, 0.15) is 8.24 Å². The molecule has 0 heterocycles. The topological polar surface area (TPSA) is 12.0 Å². The molecule has 0 atom stereocenters. The molecule has 0 saturated carbocycles. The van der Waals surface area contributed by atoms with Crippen LogP contribution < -0.4 is 9.83 Å². The number of allylic oxidation sites excluding steroid dienone is 4. The fourth-order valence-corrected chi connectivity index (χ4v) is 9.11. The van der Waals surface area contributed by atoms with Gasteiger partial charge in [0, 0.05) is 0 Å². The van der Waals surface area contributed by atoms with Crippen LogP contribution in [0.25, 0.3) is 0 Å². The molecule has 1 radical (unpaired) electrons. The molecule has 1 N–H and O–H groups in total. The fourth-order valence-electron chi connectivity index (χ4n) is 3.08. The van der Waals surface area contributed by atoms with Gasteiger partial charge in [0.25, 0.3) is 0 Å². The number of nitrogens with one attached hydrogen (secondary N) is 1. The third kappa shape index (κ3) is 5.30. The summed E-state index contributed by atoms with van der Waals surface area (Å²) in [5.74, 6) is 0. The van der Waals surface area contributed by atoms with Gasteiger partial charge in [0.15, 0.2) is 8.96 Å². The number of hydrogen-bond donors (Lipinski definition) is 1. The lowest BCUT2D eigenvalue weighted by Gasteiger charge is -2.30. The molecule has 0 amide bonds.